The third-order valence-corrected chi connectivity index (χ3v) is 1.52. The molecule has 0 atom stereocenters. The van der Waals surface area contributed by atoms with E-state index in [-0.39, 0.29) is 0 Å². The van der Waals surface area contributed by atoms with Crippen molar-refractivity contribution >= 4 is 5.70 Å². The summed E-state index contributed by atoms with van der Waals surface area (Å²) in [6.07, 6.45) is 1.69. The quantitative estimate of drug-likeness (QED) is 0.587. The van der Waals surface area contributed by atoms with Gasteiger partial charge in [0.05, 0.1) is 11.4 Å². The van der Waals surface area contributed by atoms with Crippen molar-refractivity contribution in [1.29, 1.82) is 0 Å². The molecule has 0 fully saturated rings. The molecule has 0 aliphatic rings. The van der Waals surface area contributed by atoms with Gasteiger partial charge >= 0.3 is 0 Å². The summed E-state index contributed by atoms with van der Waals surface area (Å²) in [7, 11) is 0. The van der Waals surface area contributed by atoms with Crippen LogP contribution in [0.2, 0.25) is 0 Å². The predicted molar refractivity (Wildman–Crippen MR) is 47.2 cm³/mol. The third kappa shape index (κ3) is 1.40. The SMILES string of the molecule is C=CC(=C)n1nc(C)cc1C. The summed E-state index contributed by atoms with van der Waals surface area (Å²) in [5.41, 5.74) is 2.91. The molecule has 58 valence electrons. The van der Waals surface area contributed by atoms with Gasteiger partial charge in [-0.05, 0) is 26.0 Å². The fourth-order valence-electron chi connectivity index (χ4n) is 1.01. The first-order chi connectivity index (χ1) is 5.15. The molecule has 11 heavy (non-hydrogen) atoms. The van der Waals surface area contributed by atoms with Crippen molar-refractivity contribution in [2.24, 2.45) is 0 Å². The molecule has 1 aromatic heterocycles. The maximum Gasteiger partial charge on any atom is 0.0600 e. The molecule has 1 heterocycles. The maximum absolute atomic E-state index is 4.23. The van der Waals surface area contributed by atoms with E-state index in [0.29, 0.717) is 0 Å². The third-order valence-electron chi connectivity index (χ3n) is 1.52. The first-order valence-corrected chi connectivity index (χ1v) is 3.50. The van der Waals surface area contributed by atoms with E-state index in [0.717, 1.165) is 17.1 Å². The van der Waals surface area contributed by atoms with E-state index in [1.165, 1.54) is 0 Å². The number of aryl methyl sites for hydroxylation is 2. The molecule has 0 radical (unpaired) electrons. The minimum atomic E-state index is 0.815. The summed E-state index contributed by atoms with van der Waals surface area (Å²) in [6, 6.07) is 2.01. The Morgan fingerprint density at radius 1 is 1.64 bits per heavy atom. The number of allylic oxidation sites excluding steroid dienone is 2. The van der Waals surface area contributed by atoms with Crippen LogP contribution in [0.5, 0.6) is 0 Å². The molecule has 0 aliphatic carbocycles. The standard InChI is InChI=1S/C9H12N2/c1-5-8(3)11-9(4)6-7(2)10-11/h5-6H,1,3H2,2,4H3. The van der Waals surface area contributed by atoms with Crippen LogP contribution in [0, 0.1) is 13.8 Å². The molecule has 2 nitrogen and oxygen atoms in total. The summed E-state index contributed by atoms with van der Waals surface area (Å²) in [5, 5.41) is 4.23. The van der Waals surface area contributed by atoms with Crippen LogP contribution in [0.25, 0.3) is 5.70 Å². The van der Waals surface area contributed by atoms with E-state index in [2.05, 4.69) is 18.3 Å². The molecule has 0 spiro atoms. The molecular formula is C9H12N2. The minimum Gasteiger partial charge on any atom is -0.238 e. The molecule has 0 saturated carbocycles. The van der Waals surface area contributed by atoms with Crippen molar-refractivity contribution in [3.8, 4) is 0 Å². The van der Waals surface area contributed by atoms with E-state index < -0.39 is 0 Å². The predicted octanol–water partition coefficient (Wildman–Crippen LogP) is 2.16. The Labute approximate surface area is 66.8 Å². The number of aromatic nitrogens is 2. The van der Waals surface area contributed by atoms with E-state index in [1.807, 2.05) is 19.9 Å². The summed E-state index contributed by atoms with van der Waals surface area (Å²) in [4.78, 5) is 0. The molecule has 0 amide bonds. The molecule has 0 unspecified atom stereocenters. The first kappa shape index (κ1) is 7.79. The topological polar surface area (TPSA) is 17.8 Å². The number of hydrogen-bond acceptors (Lipinski definition) is 1. The largest absolute Gasteiger partial charge is 0.238 e. The average Bonchev–Trinajstić information content (AvgIpc) is 2.28. The highest BCUT2D eigenvalue weighted by atomic mass is 15.3. The highest BCUT2D eigenvalue weighted by molar-refractivity contribution is 5.53. The maximum atomic E-state index is 4.23. The lowest BCUT2D eigenvalue weighted by Crippen LogP contribution is -1.97. The van der Waals surface area contributed by atoms with Gasteiger partial charge in [0.1, 0.15) is 0 Å². The Hall–Kier alpha value is -1.31. The van der Waals surface area contributed by atoms with Crippen LogP contribution in [-0.4, -0.2) is 9.78 Å². The van der Waals surface area contributed by atoms with Crippen LogP contribution in [0.1, 0.15) is 11.4 Å². The van der Waals surface area contributed by atoms with Crippen LogP contribution < -0.4 is 0 Å². The lowest BCUT2D eigenvalue weighted by atomic mass is 10.4. The van der Waals surface area contributed by atoms with Gasteiger partial charge < -0.3 is 0 Å². The summed E-state index contributed by atoms with van der Waals surface area (Å²) < 4.78 is 1.78. The fourth-order valence-corrected chi connectivity index (χ4v) is 1.01. The van der Waals surface area contributed by atoms with Crippen LogP contribution >= 0.6 is 0 Å². The molecular weight excluding hydrogens is 136 g/mol. The summed E-state index contributed by atoms with van der Waals surface area (Å²) >= 11 is 0. The molecule has 0 N–H and O–H groups in total. The van der Waals surface area contributed by atoms with E-state index in [4.69, 9.17) is 0 Å². The second-order valence-electron chi connectivity index (χ2n) is 2.53. The zero-order chi connectivity index (χ0) is 8.43. The Bertz CT molecular complexity index is 295. The lowest BCUT2D eigenvalue weighted by Gasteiger charge is -2.00. The highest BCUT2D eigenvalue weighted by Gasteiger charge is 1.99. The van der Waals surface area contributed by atoms with Crippen LogP contribution in [-0.2, 0) is 0 Å². The van der Waals surface area contributed by atoms with E-state index in [9.17, 15) is 0 Å². The smallest absolute Gasteiger partial charge is 0.0600 e. The monoisotopic (exact) mass is 148 g/mol. The Morgan fingerprint density at radius 3 is 2.64 bits per heavy atom. The zero-order valence-corrected chi connectivity index (χ0v) is 6.96. The van der Waals surface area contributed by atoms with Crippen LogP contribution in [0.4, 0.5) is 0 Å². The van der Waals surface area contributed by atoms with Gasteiger partial charge in [0, 0.05) is 5.69 Å². The second kappa shape index (κ2) is 2.74. The number of rotatable bonds is 2. The Balaban J connectivity index is 3.12. The van der Waals surface area contributed by atoms with Crippen LogP contribution in [0.15, 0.2) is 25.3 Å². The zero-order valence-electron chi connectivity index (χ0n) is 6.96. The van der Waals surface area contributed by atoms with Gasteiger partial charge in [-0.15, -0.1) is 0 Å². The summed E-state index contributed by atoms with van der Waals surface area (Å²) in [5.74, 6) is 0. The minimum absolute atomic E-state index is 0.815. The van der Waals surface area contributed by atoms with Gasteiger partial charge in [0.25, 0.3) is 0 Å². The normalized spacial score (nSPS) is 9.64. The van der Waals surface area contributed by atoms with Gasteiger partial charge in [0.15, 0.2) is 0 Å². The summed E-state index contributed by atoms with van der Waals surface area (Å²) in [6.45, 7) is 11.4. The van der Waals surface area contributed by atoms with Crippen molar-refractivity contribution < 1.29 is 0 Å². The van der Waals surface area contributed by atoms with Crippen LogP contribution in [0.3, 0.4) is 0 Å². The van der Waals surface area contributed by atoms with Crippen molar-refractivity contribution in [1.82, 2.24) is 9.78 Å². The van der Waals surface area contributed by atoms with Crippen molar-refractivity contribution in [3.05, 3.63) is 36.7 Å². The molecule has 0 saturated heterocycles. The van der Waals surface area contributed by atoms with Gasteiger partial charge in [-0.25, -0.2) is 4.68 Å². The lowest BCUT2D eigenvalue weighted by molar-refractivity contribution is 0.862. The number of nitrogens with zero attached hydrogens (tertiary/aromatic N) is 2. The average molecular weight is 148 g/mol. The van der Waals surface area contributed by atoms with Gasteiger partial charge in [0.2, 0.25) is 0 Å². The van der Waals surface area contributed by atoms with Crippen molar-refractivity contribution in [3.63, 3.8) is 0 Å². The molecule has 1 aromatic rings. The number of hydrogen-bond donors (Lipinski definition) is 0. The van der Waals surface area contributed by atoms with Crippen molar-refractivity contribution in [2.75, 3.05) is 0 Å². The van der Waals surface area contributed by atoms with Crippen molar-refractivity contribution in [2.45, 2.75) is 13.8 Å². The molecule has 0 bridgehead atoms. The Morgan fingerprint density at radius 2 is 2.27 bits per heavy atom. The first-order valence-electron chi connectivity index (χ1n) is 3.50. The van der Waals surface area contributed by atoms with E-state index >= 15 is 0 Å². The molecule has 0 aliphatic heterocycles. The van der Waals surface area contributed by atoms with Gasteiger partial charge in [-0.2, -0.15) is 5.10 Å². The molecule has 1 rings (SSSR count). The molecule has 2 heteroatoms. The Kier molecular flexibility index (Phi) is 1.94. The highest BCUT2D eigenvalue weighted by Crippen LogP contribution is 2.07. The van der Waals surface area contributed by atoms with Gasteiger partial charge in [-0.1, -0.05) is 13.2 Å². The van der Waals surface area contributed by atoms with Gasteiger partial charge in [-0.3, -0.25) is 0 Å². The fraction of sp³-hybridized carbons (Fsp3) is 0.222. The molecule has 0 aromatic carbocycles. The second-order valence-corrected chi connectivity index (χ2v) is 2.53. The van der Waals surface area contributed by atoms with E-state index in [1.54, 1.807) is 10.8 Å².